The first kappa shape index (κ1) is 25.5. The highest BCUT2D eigenvalue weighted by Crippen LogP contribution is 2.36. The molecule has 0 atom stereocenters. The summed E-state index contributed by atoms with van der Waals surface area (Å²) < 4.78 is 2.28. The molecule has 1 aromatic heterocycles. The van der Waals surface area contributed by atoms with E-state index in [1.807, 2.05) is 19.9 Å². The van der Waals surface area contributed by atoms with Gasteiger partial charge >= 0.3 is 0 Å². The van der Waals surface area contributed by atoms with Gasteiger partial charge in [-0.15, -0.1) is 0 Å². The molecule has 33 heavy (non-hydrogen) atoms. The van der Waals surface area contributed by atoms with E-state index in [0.29, 0.717) is 27.9 Å². The standard InChI is InChI=1S/C25H34N4O2S2/c1-4-6-7-8-12-15-29-24(31)21(33-25(29)32)16-19-18(3)20(17-26)23(30)28(5-2)22(19)27-13-10-9-11-14-27/h16H,4-15H2,1-3H3/b21-16-. The van der Waals surface area contributed by atoms with Crippen molar-refractivity contribution in [2.45, 2.75) is 78.7 Å². The van der Waals surface area contributed by atoms with E-state index < -0.39 is 0 Å². The smallest absolute Gasteiger partial charge is 0.270 e. The van der Waals surface area contributed by atoms with Gasteiger partial charge in [-0.2, -0.15) is 5.26 Å². The minimum Gasteiger partial charge on any atom is -0.357 e. The van der Waals surface area contributed by atoms with Gasteiger partial charge in [0.15, 0.2) is 0 Å². The summed E-state index contributed by atoms with van der Waals surface area (Å²) in [6.07, 6.45) is 10.8. The fourth-order valence-corrected chi connectivity index (χ4v) is 5.87. The zero-order valence-electron chi connectivity index (χ0n) is 20.0. The maximum absolute atomic E-state index is 13.2. The topological polar surface area (TPSA) is 69.3 Å². The second kappa shape index (κ2) is 11.8. The third-order valence-corrected chi connectivity index (χ3v) is 7.83. The second-order valence-electron chi connectivity index (χ2n) is 8.69. The molecule has 2 aliphatic heterocycles. The first-order valence-electron chi connectivity index (χ1n) is 12.1. The SMILES string of the molecule is CCCCCCCN1C(=O)/C(=C/c2c(C)c(C#N)c(=O)n(CC)c2N2CCCCC2)SC1=S. The van der Waals surface area contributed by atoms with Crippen molar-refractivity contribution in [2.24, 2.45) is 0 Å². The van der Waals surface area contributed by atoms with E-state index in [9.17, 15) is 14.9 Å². The molecular formula is C25H34N4O2S2. The van der Waals surface area contributed by atoms with Crippen LogP contribution >= 0.6 is 24.0 Å². The van der Waals surface area contributed by atoms with E-state index in [1.165, 1.54) is 37.4 Å². The number of hydrogen-bond donors (Lipinski definition) is 0. The quantitative estimate of drug-likeness (QED) is 0.271. The molecule has 2 saturated heterocycles. The fourth-order valence-electron chi connectivity index (χ4n) is 4.58. The Hall–Kier alpha value is -2.11. The molecule has 0 N–H and O–H groups in total. The molecule has 3 heterocycles. The van der Waals surface area contributed by atoms with Crippen molar-refractivity contribution in [1.82, 2.24) is 9.47 Å². The van der Waals surface area contributed by atoms with Crippen molar-refractivity contribution in [3.8, 4) is 6.07 Å². The average Bonchev–Trinajstić information content (AvgIpc) is 3.08. The van der Waals surface area contributed by atoms with Crippen LogP contribution in [-0.4, -0.2) is 39.3 Å². The zero-order valence-corrected chi connectivity index (χ0v) is 21.6. The Morgan fingerprint density at radius 2 is 1.79 bits per heavy atom. The molecule has 2 fully saturated rings. The number of anilines is 1. The maximum atomic E-state index is 13.2. The molecule has 0 spiro atoms. The molecule has 0 radical (unpaired) electrons. The lowest BCUT2D eigenvalue weighted by atomic mass is 10.0. The molecule has 178 valence electrons. The number of rotatable bonds is 9. The molecule has 1 amide bonds. The van der Waals surface area contributed by atoms with Crippen molar-refractivity contribution in [3.05, 3.63) is 31.9 Å². The normalized spacial score (nSPS) is 17.8. The summed E-state index contributed by atoms with van der Waals surface area (Å²) in [7, 11) is 0. The van der Waals surface area contributed by atoms with Crippen LogP contribution in [0.25, 0.3) is 6.08 Å². The van der Waals surface area contributed by atoms with E-state index in [1.54, 1.807) is 9.47 Å². The average molecular weight is 487 g/mol. The summed E-state index contributed by atoms with van der Waals surface area (Å²) in [5.41, 5.74) is 1.32. The number of piperidine rings is 1. The number of pyridine rings is 1. The van der Waals surface area contributed by atoms with Crippen molar-refractivity contribution in [1.29, 1.82) is 5.26 Å². The van der Waals surface area contributed by atoms with Crippen molar-refractivity contribution >= 4 is 46.1 Å². The largest absolute Gasteiger partial charge is 0.357 e. The second-order valence-corrected chi connectivity index (χ2v) is 10.4. The molecule has 0 bridgehead atoms. The minimum absolute atomic E-state index is 0.0720. The van der Waals surface area contributed by atoms with Crippen LogP contribution in [0.1, 0.15) is 81.9 Å². The van der Waals surface area contributed by atoms with Gasteiger partial charge in [-0.25, -0.2) is 0 Å². The van der Waals surface area contributed by atoms with Crippen LogP contribution in [0.5, 0.6) is 0 Å². The van der Waals surface area contributed by atoms with Crippen LogP contribution in [0.4, 0.5) is 5.82 Å². The number of hydrogen-bond acceptors (Lipinski definition) is 6. The first-order chi connectivity index (χ1) is 15.9. The Morgan fingerprint density at radius 3 is 2.42 bits per heavy atom. The number of thiocarbonyl (C=S) groups is 1. The van der Waals surface area contributed by atoms with E-state index >= 15 is 0 Å². The molecule has 1 aromatic rings. The van der Waals surface area contributed by atoms with Gasteiger partial charge in [0.2, 0.25) is 0 Å². The molecule has 2 aliphatic rings. The summed E-state index contributed by atoms with van der Waals surface area (Å²) in [5.74, 6) is 0.751. The summed E-state index contributed by atoms with van der Waals surface area (Å²) >= 11 is 6.85. The van der Waals surface area contributed by atoms with Crippen LogP contribution < -0.4 is 10.5 Å². The van der Waals surface area contributed by atoms with Gasteiger partial charge in [0.05, 0.1) is 4.91 Å². The van der Waals surface area contributed by atoms with Gasteiger partial charge in [-0.1, -0.05) is 56.6 Å². The highest BCUT2D eigenvalue weighted by atomic mass is 32.2. The van der Waals surface area contributed by atoms with Gasteiger partial charge in [-0.3, -0.25) is 19.1 Å². The lowest BCUT2D eigenvalue weighted by molar-refractivity contribution is -0.122. The highest BCUT2D eigenvalue weighted by Gasteiger charge is 2.33. The Kier molecular flexibility index (Phi) is 9.16. The predicted molar refractivity (Wildman–Crippen MR) is 141 cm³/mol. The minimum atomic E-state index is -0.255. The van der Waals surface area contributed by atoms with Crippen LogP contribution in [-0.2, 0) is 11.3 Å². The zero-order chi connectivity index (χ0) is 24.0. The number of nitriles is 1. The number of carbonyl (C=O) groups is 1. The van der Waals surface area contributed by atoms with Gasteiger partial charge in [-0.05, 0) is 51.2 Å². The summed E-state index contributed by atoms with van der Waals surface area (Å²) in [4.78, 5) is 30.8. The molecule has 0 aromatic carbocycles. The van der Waals surface area contributed by atoms with Gasteiger partial charge in [0.25, 0.3) is 11.5 Å². The predicted octanol–water partition coefficient (Wildman–Crippen LogP) is 5.21. The van der Waals surface area contributed by atoms with E-state index in [4.69, 9.17) is 12.2 Å². The number of unbranched alkanes of at least 4 members (excludes halogenated alkanes) is 4. The molecule has 8 heteroatoms. The third kappa shape index (κ3) is 5.52. The Morgan fingerprint density at radius 1 is 1.09 bits per heavy atom. The summed E-state index contributed by atoms with van der Waals surface area (Å²) in [6, 6.07) is 2.10. The maximum Gasteiger partial charge on any atom is 0.270 e. The van der Waals surface area contributed by atoms with E-state index in [0.717, 1.165) is 50.2 Å². The Labute approximate surface area is 206 Å². The van der Waals surface area contributed by atoms with Crippen LogP contribution in [0.3, 0.4) is 0 Å². The number of thioether (sulfide) groups is 1. The molecular weight excluding hydrogens is 452 g/mol. The molecule has 0 saturated carbocycles. The first-order valence-corrected chi connectivity index (χ1v) is 13.3. The number of aromatic nitrogens is 1. The Balaban J connectivity index is 1.99. The number of nitrogens with zero attached hydrogens (tertiary/aromatic N) is 4. The van der Waals surface area contributed by atoms with Gasteiger partial charge in [0.1, 0.15) is 21.8 Å². The van der Waals surface area contributed by atoms with Crippen LogP contribution in [0.2, 0.25) is 0 Å². The lowest BCUT2D eigenvalue weighted by Gasteiger charge is -2.33. The highest BCUT2D eigenvalue weighted by molar-refractivity contribution is 8.26. The van der Waals surface area contributed by atoms with Gasteiger partial charge in [0, 0.05) is 31.7 Å². The van der Waals surface area contributed by atoms with Crippen LogP contribution in [0, 0.1) is 18.3 Å². The third-order valence-electron chi connectivity index (χ3n) is 6.45. The van der Waals surface area contributed by atoms with Crippen molar-refractivity contribution < 1.29 is 4.79 Å². The van der Waals surface area contributed by atoms with Crippen molar-refractivity contribution in [2.75, 3.05) is 24.5 Å². The number of amides is 1. The van der Waals surface area contributed by atoms with E-state index in [-0.39, 0.29) is 17.0 Å². The Bertz CT molecular complexity index is 1030. The van der Waals surface area contributed by atoms with E-state index in [2.05, 4.69) is 17.9 Å². The fraction of sp³-hybridized carbons (Fsp3) is 0.600. The van der Waals surface area contributed by atoms with Crippen molar-refractivity contribution in [3.63, 3.8) is 0 Å². The molecule has 6 nitrogen and oxygen atoms in total. The summed E-state index contributed by atoms with van der Waals surface area (Å²) in [5, 5.41) is 9.70. The number of carbonyl (C=O) groups excluding carboxylic acids is 1. The molecule has 3 rings (SSSR count). The summed E-state index contributed by atoms with van der Waals surface area (Å²) in [6.45, 7) is 8.77. The monoisotopic (exact) mass is 486 g/mol. The van der Waals surface area contributed by atoms with Crippen LogP contribution in [0.15, 0.2) is 9.70 Å². The lowest BCUT2D eigenvalue weighted by Crippen LogP contribution is -2.37. The molecule has 0 unspecified atom stereocenters. The van der Waals surface area contributed by atoms with Gasteiger partial charge < -0.3 is 4.90 Å². The molecule has 0 aliphatic carbocycles.